The van der Waals surface area contributed by atoms with Crippen molar-refractivity contribution in [2.75, 3.05) is 13.1 Å². The fourth-order valence-electron chi connectivity index (χ4n) is 1.70. The number of hydrogen-bond acceptors (Lipinski definition) is 2. The first-order valence-electron chi connectivity index (χ1n) is 5.31. The van der Waals surface area contributed by atoms with E-state index in [1.165, 1.54) is 0 Å². The Bertz CT molecular complexity index is 334. The van der Waals surface area contributed by atoms with E-state index in [1.807, 2.05) is 24.3 Å². The SMILES string of the molecule is CC(C)N1CC(Oc2cccc(Cl)c2)C1. The minimum Gasteiger partial charge on any atom is -0.488 e. The molecule has 1 aromatic carbocycles. The zero-order valence-corrected chi connectivity index (χ0v) is 9.87. The van der Waals surface area contributed by atoms with Gasteiger partial charge in [0.1, 0.15) is 11.9 Å². The van der Waals surface area contributed by atoms with Gasteiger partial charge < -0.3 is 4.74 Å². The van der Waals surface area contributed by atoms with Gasteiger partial charge in [-0.3, -0.25) is 4.90 Å². The van der Waals surface area contributed by atoms with Gasteiger partial charge in [-0.25, -0.2) is 0 Å². The molecule has 1 aromatic rings. The number of nitrogens with zero attached hydrogens (tertiary/aromatic N) is 1. The summed E-state index contributed by atoms with van der Waals surface area (Å²) < 4.78 is 5.79. The maximum absolute atomic E-state index is 5.88. The molecule has 0 aliphatic carbocycles. The summed E-state index contributed by atoms with van der Waals surface area (Å²) in [6.45, 7) is 6.44. The summed E-state index contributed by atoms with van der Waals surface area (Å²) in [5.74, 6) is 0.871. The van der Waals surface area contributed by atoms with Crippen LogP contribution in [0.1, 0.15) is 13.8 Å². The van der Waals surface area contributed by atoms with Crippen molar-refractivity contribution in [3.05, 3.63) is 29.3 Å². The van der Waals surface area contributed by atoms with Crippen LogP contribution in [0.4, 0.5) is 0 Å². The maximum Gasteiger partial charge on any atom is 0.124 e. The van der Waals surface area contributed by atoms with Gasteiger partial charge in [0, 0.05) is 24.2 Å². The average molecular weight is 226 g/mol. The quantitative estimate of drug-likeness (QED) is 0.785. The second kappa shape index (κ2) is 4.42. The Balaban J connectivity index is 1.85. The first-order valence-corrected chi connectivity index (χ1v) is 5.69. The highest BCUT2D eigenvalue weighted by atomic mass is 35.5. The first-order chi connectivity index (χ1) is 7.15. The average Bonchev–Trinajstić information content (AvgIpc) is 2.10. The molecule has 0 N–H and O–H groups in total. The van der Waals surface area contributed by atoms with E-state index in [-0.39, 0.29) is 0 Å². The molecule has 0 amide bonds. The minimum atomic E-state index is 0.325. The van der Waals surface area contributed by atoms with E-state index in [2.05, 4.69) is 18.7 Å². The van der Waals surface area contributed by atoms with Gasteiger partial charge in [-0.2, -0.15) is 0 Å². The van der Waals surface area contributed by atoms with Crippen molar-refractivity contribution in [1.29, 1.82) is 0 Å². The standard InChI is InChI=1S/C12H16ClNO/c1-9(2)14-7-12(8-14)15-11-5-3-4-10(13)6-11/h3-6,9,12H,7-8H2,1-2H3. The smallest absolute Gasteiger partial charge is 0.124 e. The first kappa shape index (κ1) is 10.8. The van der Waals surface area contributed by atoms with E-state index in [9.17, 15) is 0 Å². The molecule has 3 heteroatoms. The molecular formula is C12H16ClNO. The molecule has 0 radical (unpaired) electrons. The third kappa shape index (κ3) is 2.64. The number of hydrogen-bond donors (Lipinski definition) is 0. The summed E-state index contributed by atoms with van der Waals surface area (Å²) in [7, 11) is 0. The second-order valence-electron chi connectivity index (χ2n) is 4.24. The van der Waals surface area contributed by atoms with Gasteiger partial charge in [0.05, 0.1) is 0 Å². The molecule has 82 valence electrons. The van der Waals surface area contributed by atoms with Gasteiger partial charge >= 0.3 is 0 Å². The van der Waals surface area contributed by atoms with Gasteiger partial charge in [0.25, 0.3) is 0 Å². The van der Waals surface area contributed by atoms with Crippen LogP contribution in [0.25, 0.3) is 0 Å². The predicted octanol–water partition coefficient (Wildman–Crippen LogP) is 2.81. The Labute approximate surface area is 95.8 Å². The van der Waals surface area contributed by atoms with E-state index >= 15 is 0 Å². The van der Waals surface area contributed by atoms with E-state index in [0.29, 0.717) is 12.1 Å². The van der Waals surface area contributed by atoms with E-state index < -0.39 is 0 Å². The Morgan fingerprint density at radius 3 is 2.73 bits per heavy atom. The van der Waals surface area contributed by atoms with Gasteiger partial charge in [-0.15, -0.1) is 0 Å². The summed E-state index contributed by atoms with van der Waals surface area (Å²) in [6.07, 6.45) is 0.325. The monoisotopic (exact) mass is 225 g/mol. The molecule has 1 fully saturated rings. The Kier molecular flexibility index (Phi) is 3.17. The van der Waals surface area contributed by atoms with Crippen LogP contribution in [-0.4, -0.2) is 30.1 Å². The molecule has 0 unspecified atom stereocenters. The van der Waals surface area contributed by atoms with E-state index in [4.69, 9.17) is 16.3 Å². The predicted molar refractivity (Wildman–Crippen MR) is 62.6 cm³/mol. The van der Waals surface area contributed by atoms with Crippen LogP contribution < -0.4 is 4.74 Å². The number of likely N-dealkylation sites (tertiary alicyclic amines) is 1. The summed E-state index contributed by atoms with van der Waals surface area (Å²) in [4.78, 5) is 2.38. The maximum atomic E-state index is 5.88. The van der Waals surface area contributed by atoms with Crippen molar-refractivity contribution in [3.8, 4) is 5.75 Å². The third-order valence-corrected chi connectivity index (χ3v) is 2.94. The fraction of sp³-hybridized carbons (Fsp3) is 0.500. The van der Waals surface area contributed by atoms with Crippen molar-refractivity contribution >= 4 is 11.6 Å². The number of halogens is 1. The lowest BCUT2D eigenvalue weighted by Crippen LogP contribution is -2.56. The van der Waals surface area contributed by atoms with Crippen LogP contribution in [0.3, 0.4) is 0 Å². The molecule has 1 aliphatic heterocycles. The normalized spacial score (nSPS) is 17.9. The molecule has 0 aromatic heterocycles. The molecule has 0 atom stereocenters. The van der Waals surface area contributed by atoms with Crippen LogP contribution in [0.5, 0.6) is 5.75 Å². The zero-order chi connectivity index (χ0) is 10.8. The lowest BCUT2D eigenvalue weighted by atomic mass is 10.1. The van der Waals surface area contributed by atoms with Crippen LogP contribution in [0, 0.1) is 0 Å². The molecule has 0 bridgehead atoms. The fourth-order valence-corrected chi connectivity index (χ4v) is 1.88. The molecule has 1 aliphatic rings. The molecule has 15 heavy (non-hydrogen) atoms. The van der Waals surface area contributed by atoms with Crippen LogP contribution in [-0.2, 0) is 0 Å². The Hall–Kier alpha value is -0.730. The highest BCUT2D eigenvalue weighted by molar-refractivity contribution is 6.30. The molecule has 0 saturated carbocycles. The lowest BCUT2D eigenvalue weighted by molar-refractivity contribution is 0.000160. The highest BCUT2D eigenvalue weighted by Crippen LogP contribution is 2.22. The molecular weight excluding hydrogens is 210 g/mol. The molecule has 1 heterocycles. The lowest BCUT2D eigenvalue weighted by Gasteiger charge is -2.41. The van der Waals surface area contributed by atoms with Crippen molar-refractivity contribution in [1.82, 2.24) is 4.90 Å². The largest absolute Gasteiger partial charge is 0.488 e. The van der Waals surface area contributed by atoms with Crippen molar-refractivity contribution in [2.45, 2.75) is 26.0 Å². The molecule has 0 spiro atoms. The van der Waals surface area contributed by atoms with Gasteiger partial charge in [-0.1, -0.05) is 17.7 Å². The number of rotatable bonds is 3. The zero-order valence-electron chi connectivity index (χ0n) is 9.11. The number of ether oxygens (including phenoxy) is 1. The second-order valence-corrected chi connectivity index (χ2v) is 4.68. The number of benzene rings is 1. The summed E-state index contributed by atoms with van der Waals surface area (Å²) in [5, 5.41) is 0.729. The summed E-state index contributed by atoms with van der Waals surface area (Å²) in [6, 6.07) is 8.19. The molecule has 2 rings (SSSR count). The van der Waals surface area contributed by atoms with Gasteiger partial charge in [0.15, 0.2) is 0 Å². The Morgan fingerprint density at radius 2 is 2.13 bits per heavy atom. The van der Waals surface area contributed by atoms with Gasteiger partial charge in [-0.05, 0) is 32.0 Å². The van der Waals surface area contributed by atoms with Crippen molar-refractivity contribution in [2.24, 2.45) is 0 Å². The van der Waals surface area contributed by atoms with Crippen molar-refractivity contribution < 1.29 is 4.74 Å². The Morgan fingerprint density at radius 1 is 1.40 bits per heavy atom. The topological polar surface area (TPSA) is 12.5 Å². The van der Waals surface area contributed by atoms with Crippen LogP contribution >= 0.6 is 11.6 Å². The van der Waals surface area contributed by atoms with Gasteiger partial charge in [0.2, 0.25) is 0 Å². The molecule has 1 saturated heterocycles. The van der Waals surface area contributed by atoms with Crippen LogP contribution in [0.2, 0.25) is 5.02 Å². The summed E-state index contributed by atoms with van der Waals surface area (Å²) in [5.41, 5.74) is 0. The third-order valence-electron chi connectivity index (χ3n) is 2.71. The highest BCUT2D eigenvalue weighted by Gasteiger charge is 2.29. The van der Waals surface area contributed by atoms with Crippen molar-refractivity contribution in [3.63, 3.8) is 0 Å². The minimum absolute atomic E-state index is 0.325. The van der Waals surface area contributed by atoms with E-state index in [1.54, 1.807) is 0 Å². The summed E-state index contributed by atoms with van der Waals surface area (Å²) >= 11 is 5.88. The van der Waals surface area contributed by atoms with Crippen LogP contribution in [0.15, 0.2) is 24.3 Å². The van der Waals surface area contributed by atoms with E-state index in [0.717, 1.165) is 23.9 Å². The molecule has 2 nitrogen and oxygen atoms in total.